The Hall–Kier alpha value is -1.31. The van der Waals surface area contributed by atoms with Gasteiger partial charge in [-0.1, -0.05) is 36.8 Å². The van der Waals surface area contributed by atoms with Crippen LogP contribution in [-0.4, -0.2) is 11.1 Å². The summed E-state index contributed by atoms with van der Waals surface area (Å²) in [6.45, 7) is 0. The van der Waals surface area contributed by atoms with E-state index in [4.69, 9.17) is 5.11 Å². The van der Waals surface area contributed by atoms with Gasteiger partial charge in [0.05, 0.1) is 0 Å². The number of hydrogen-bond acceptors (Lipinski definition) is 1. The second-order valence-corrected chi connectivity index (χ2v) is 5.81. The molecule has 0 aliphatic heterocycles. The van der Waals surface area contributed by atoms with Crippen LogP contribution in [0.5, 0.6) is 0 Å². The van der Waals surface area contributed by atoms with E-state index in [2.05, 4.69) is 30.4 Å². The molecule has 0 aromatic heterocycles. The maximum atomic E-state index is 11.1. The fourth-order valence-electron chi connectivity index (χ4n) is 3.96. The van der Waals surface area contributed by atoms with Crippen LogP contribution in [0.2, 0.25) is 0 Å². The van der Waals surface area contributed by atoms with Crippen molar-refractivity contribution in [2.24, 2.45) is 23.7 Å². The van der Waals surface area contributed by atoms with Gasteiger partial charge in [0, 0.05) is 5.57 Å². The normalized spacial score (nSPS) is 38.3. The summed E-state index contributed by atoms with van der Waals surface area (Å²) in [4.78, 5) is 11.1. The zero-order valence-electron chi connectivity index (χ0n) is 10.6. The van der Waals surface area contributed by atoms with Crippen LogP contribution in [0.15, 0.2) is 36.0 Å². The molecule has 18 heavy (non-hydrogen) atoms. The van der Waals surface area contributed by atoms with Crippen molar-refractivity contribution in [2.45, 2.75) is 32.1 Å². The number of allylic oxidation sites excluding steroid dienone is 5. The van der Waals surface area contributed by atoms with Crippen LogP contribution in [-0.2, 0) is 4.79 Å². The first-order valence-corrected chi connectivity index (χ1v) is 7.04. The van der Waals surface area contributed by atoms with E-state index in [0.29, 0.717) is 29.2 Å². The summed E-state index contributed by atoms with van der Waals surface area (Å²) in [5.41, 5.74) is 0.644. The number of rotatable bonds is 1. The number of carboxylic acid groups (broad SMARTS) is 1. The minimum Gasteiger partial charge on any atom is -0.478 e. The third-order valence-corrected chi connectivity index (χ3v) is 4.85. The number of fused-ring (bicyclic) bond motifs is 3. The van der Waals surface area contributed by atoms with E-state index in [1.165, 1.54) is 12.8 Å². The van der Waals surface area contributed by atoms with Gasteiger partial charge in [0.2, 0.25) is 0 Å². The van der Waals surface area contributed by atoms with Crippen LogP contribution in [0.3, 0.4) is 0 Å². The molecular formula is C16H20O2. The number of carboxylic acids is 1. The molecule has 4 atom stereocenters. The molecule has 4 unspecified atom stereocenters. The molecule has 0 bridgehead atoms. The molecule has 0 aromatic rings. The number of carbonyl (C=O) groups is 1. The van der Waals surface area contributed by atoms with Crippen molar-refractivity contribution in [2.75, 3.05) is 0 Å². The third-order valence-electron chi connectivity index (χ3n) is 4.85. The zero-order valence-corrected chi connectivity index (χ0v) is 10.6. The summed E-state index contributed by atoms with van der Waals surface area (Å²) in [5.74, 6) is 1.74. The standard InChI is InChI=1S/C16H20O2/c17-16(18)13-8-9-15-12(10-13)6-3-5-11-4-1-2-7-14(11)15/h1-2,4,7,10-12,14-15H,3,5-6,8-9H2,(H,17,18). The lowest BCUT2D eigenvalue weighted by Crippen LogP contribution is -2.28. The largest absolute Gasteiger partial charge is 0.478 e. The first-order valence-electron chi connectivity index (χ1n) is 7.04. The first kappa shape index (κ1) is 11.8. The summed E-state index contributed by atoms with van der Waals surface area (Å²) in [5, 5.41) is 9.14. The molecule has 0 spiro atoms. The maximum Gasteiger partial charge on any atom is 0.331 e. The van der Waals surface area contributed by atoms with Gasteiger partial charge in [0.25, 0.3) is 0 Å². The molecule has 3 aliphatic carbocycles. The lowest BCUT2D eigenvalue weighted by atomic mass is 9.69. The highest BCUT2D eigenvalue weighted by Crippen LogP contribution is 2.45. The average molecular weight is 244 g/mol. The predicted molar refractivity (Wildman–Crippen MR) is 71.0 cm³/mol. The van der Waals surface area contributed by atoms with Gasteiger partial charge in [-0.3, -0.25) is 0 Å². The smallest absolute Gasteiger partial charge is 0.331 e. The highest BCUT2D eigenvalue weighted by Gasteiger charge is 2.37. The Bertz CT molecular complexity index is 430. The number of aliphatic carboxylic acids is 1. The van der Waals surface area contributed by atoms with Gasteiger partial charge >= 0.3 is 5.97 Å². The Labute approximate surface area is 108 Å². The molecule has 2 heteroatoms. The quantitative estimate of drug-likeness (QED) is 0.765. The lowest BCUT2D eigenvalue weighted by molar-refractivity contribution is -0.133. The van der Waals surface area contributed by atoms with Crippen LogP contribution in [0.1, 0.15) is 32.1 Å². The van der Waals surface area contributed by atoms with E-state index in [1.54, 1.807) is 0 Å². The van der Waals surface area contributed by atoms with Gasteiger partial charge in [-0.05, 0) is 49.4 Å². The molecule has 0 amide bonds. The number of hydrogen-bond donors (Lipinski definition) is 1. The van der Waals surface area contributed by atoms with E-state index >= 15 is 0 Å². The molecule has 3 aliphatic rings. The summed E-state index contributed by atoms with van der Waals surface area (Å²) in [6.07, 6.45) is 16.5. The Morgan fingerprint density at radius 2 is 1.89 bits per heavy atom. The van der Waals surface area contributed by atoms with Crippen molar-refractivity contribution < 1.29 is 9.90 Å². The van der Waals surface area contributed by atoms with Crippen molar-refractivity contribution >= 4 is 5.97 Å². The Morgan fingerprint density at radius 3 is 2.72 bits per heavy atom. The Balaban J connectivity index is 1.87. The first-order chi connectivity index (χ1) is 8.75. The Morgan fingerprint density at radius 1 is 1.11 bits per heavy atom. The van der Waals surface area contributed by atoms with Crippen molar-refractivity contribution in [3.05, 3.63) is 36.0 Å². The van der Waals surface area contributed by atoms with E-state index in [0.717, 1.165) is 19.3 Å². The highest BCUT2D eigenvalue weighted by atomic mass is 16.4. The molecule has 1 saturated carbocycles. The summed E-state index contributed by atoms with van der Waals surface area (Å²) >= 11 is 0. The highest BCUT2D eigenvalue weighted by molar-refractivity contribution is 5.86. The maximum absolute atomic E-state index is 11.1. The van der Waals surface area contributed by atoms with Crippen LogP contribution in [0.4, 0.5) is 0 Å². The second kappa shape index (κ2) is 4.75. The van der Waals surface area contributed by atoms with Crippen molar-refractivity contribution in [3.63, 3.8) is 0 Å². The van der Waals surface area contributed by atoms with Gasteiger partial charge < -0.3 is 5.11 Å². The lowest BCUT2D eigenvalue weighted by Gasteiger charge is -2.35. The van der Waals surface area contributed by atoms with E-state index in [-0.39, 0.29) is 0 Å². The summed E-state index contributed by atoms with van der Waals surface area (Å²) in [6, 6.07) is 0. The van der Waals surface area contributed by atoms with Gasteiger partial charge in [-0.15, -0.1) is 0 Å². The topological polar surface area (TPSA) is 37.3 Å². The van der Waals surface area contributed by atoms with E-state index in [1.807, 2.05) is 0 Å². The zero-order chi connectivity index (χ0) is 12.5. The van der Waals surface area contributed by atoms with E-state index < -0.39 is 5.97 Å². The minimum absolute atomic E-state index is 0.482. The van der Waals surface area contributed by atoms with Crippen LogP contribution in [0, 0.1) is 23.7 Å². The van der Waals surface area contributed by atoms with Crippen LogP contribution in [0.25, 0.3) is 0 Å². The molecule has 96 valence electrons. The molecule has 1 N–H and O–H groups in total. The van der Waals surface area contributed by atoms with Gasteiger partial charge in [-0.2, -0.15) is 0 Å². The van der Waals surface area contributed by atoms with Crippen molar-refractivity contribution in [3.8, 4) is 0 Å². The molecule has 0 saturated heterocycles. The fourth-order valence-corrected chi connectivity index (χ4v) is 3.96. The second-order valence-electron chi connectivity index (χ2n) is 5.81. The third kappa shape index (κ3) is 2.05. The molecule has 0 radical (unpaired) electrons. The monoisotopic (exact) mass is 244 g/mol. The predicted octanol–water partition coefficient (Wildman–Crippen LogP) is 3.57. The fraction of sp³-hybridized carbons (Fsp3) is 0.562. The van der Waals surface area contributed by atoms with Gasteiger partial charge in [0.1, 0.15) is 0 Å². The molecule has 0 heterocycles. The van der Waals surface area contributed by atoms with Gasteiger partial charge in [0.15, 0.2) is 0 Å². The van der Waals surface area contributed by atoms with Crippen LogP contribution >= 0.6 is 0 Å². The van der Waals surface area contributed by atoms with E-state index in [9.17, 15) is 4.79 Å². The molecule has 0 aromatic carbocycles. The minimum atomic E-state index is -0.715. The summed E-state index contributed by atoms with van der Waals surface area (Å²) in [7, 11) is 0. The van der Waals surface area contributed by atoms with Crippen molar-refractivity contribution in [1.82, 2.24) is 0 Å². The average Bonchev–Trinajstić information content (AvgIpc) is 2.57. The summed E-state index contributed by atoms with van der Waals surface area (Å²) < 4.78 is 0. The molecule has 2 nitrogen and oxygen atoms in total. The Kier molecular flexibility index (Phi) is 3.11. The molecule has 3 rings (SSSR count). The van der Waals surface area contributed by atoms with Gasteiger partial charge in [-0.25, -0.2) is 4.79 Å². The SMILES string of the molecule is O=C(O)C1=CC2CCCC3C=CC=CC3C2CC1. The molecular weight excluding hydrogens is 224 g/mol. The molecule has 1 fully saturated rings. The van der Waals surface area contributed by atoms with Crippen molar-refractivity contribution in [1.29, 1.82) is 0 Å². The van der Waals surface area contributed by atoms with Crippen LogP contribution < -0.4 is 0 Å².